The average Bonchev–Trinajstić information content (AvgIpc) is 2.99. The maximum Gasteiger partial charge on any atom is 0.318 e. The van der Waals surface area contributed by atoms with Crippen molar-refractivity contribution in [2.75, 3.05) is 0 Å². The van der Waals surface area contributed by atoms with Crippen LogP contribution in [0.5, 0.6) is 11.5 Å². The van der Waals surface area contributed by atoms with E-state index in [-0.39, 0.29) is 11.5 Å². The first kappa shape index (κ1) is 14.4. The molecular weight excluding hydrogens is 296 g/mol. The monoisotopic (exact) mass is 314 g/mol. The molecule has 3 aliphatic rings. The lowest BCUT2D eigenvalue weighted by Gasteiger charge is -2.46. The summed E-state index contributed by atoms with van der Waals surface area (Å²) in [5.41, 5.74) is -3.27. The summed E-state index contributed by atoms with van der Waals surface area (Å²) in [6.45, 7) is 5.29. The van der Waals surface area contributed by atoms with Crippen molar-refractivity contribution in [2.45, 2.75) is 33.6 Å². The van der Waals surface area contributed by atoms with Crippen LogP contribution in [-0.2, 0) is 14.4 Å². The first-order valence-electron chi connectivity index (χ1n) is 7.77. The normalized spacial score (nSPS) is 43.4. The molecule has 5 nitrogen and oxygen atoms in total. The average molecular weight is 314 g/mol. The highest BCUT2D eigenvalue weighted by molar-refractivity contribution is 6.47. The van der Waals surface area contributed by atoms with Crippen molar-refractivity contribution >= 4 is 17.5 Å². The van der Waals surface area contributed by atoms with E-state index in [0.29, 0.717) is 18.6 Å². The second-order valence-electron chi connectivity index (χ2n) is 7.53. The van der Waals surface area contributed by atoms with Crippen LogP contribution in [0.2, 0.25) is 0 Å². The van der Waals surface area contributed by atoms with Crippen molar-refractivity contribution in [3.8, 4) is 11.5 Å². The van der Waals surface area contributed by atoms with Gasteiger partial charge in [-0.3, -0.25) is 14.4 Å². The molecule has 4 unspecified atom stereocenters. The number of phenolic OH excluding ortho intramolecular Hbond substituents is 1. The molecule has 3 saturated carbocycles. The lowest BCUT2D eigenvalue weighted by atomic mass is 9.55. The quantitative estimate of drug-likeness (QED) is 0.514. The Balaban J connectivity index is 1.71. The summed E-state index contributed by atoms with van der Waals surface area (Å²) in [6.07, 6.45) is 1.34. The number of ketones is 2. The Bertz CT molecular complexity index is 781. The number of hydrogen-bond acceptors (Lipinski definition) is 5. The lowest BCUT2D eigenvalue weighted by Crippen LogP contribution is -2.50. The van der Waals surface area contributed by atoms with Gasteiger partial charge in [-0.25, -0.2) is 0 Å². The summed E-state index contributed by atoms with van der Waals surface area (Å²) < 4.78 is 5.46. The van der Waals surface area contributed by atoms with E-state index in [1.54, 1.807) is 20.8 Å². The van der Waals surface area contributed by atoms with Gasteiger partial charge in [0.2, 0.25) is 11.6 Å². The first-order valence-corrected chi connectivity index (χ1v) is 7.77. The molecule has 1 aromatic rings. The van der Waals surface area contributed by atoms with Crippen LogP contribution in [0.4, 0.5) is 0 Å². The number of esters is 1. The Morgan fingerprint density at radius 3 is 2.13 bits per heavy atom. The maximum atomic E-state index is 12.8. The summed E-state index contributed by atoms with van der Waals surface area (Å²) in [5, 5.41) is 9.30. The highest BCUT2D eigenvalue weighted by atomic mass is 16.5. The number of Topliss-reactive ketones (excluding diaryl/α,β-unsaturated/α-hetero) is 2. The SMILES string of the molecule is CC12CCC13C(C)(C(=O)Oc1ccc(O)cc1)C3(C)C(=O)C2=O. The van der Waals surface area contributed by atoms with Crippen LogP contribution in [0.25, 0.3) is 0 Å². The Kier molecular flexibility index (Phi) is 2.30. The van der Waals surface area contributed by atoms with Crippen molar-refractivity contribution < 1.29 is 24.2 Å². The molecule has 3 fully saturated rings. The molecule has 120 valence electrons. The van der Waals surface area contributed by atoms with E-state index in [0.717, 1.165) is 0 Å². The van der Waals surface area contributed by atoms with E-state index in [2.05, 4.69) is 0 Å². The third kappa shape index (κ3) is 1.13. The van der Waals surface area contributed by atoms with E-state index in [9.17, 15) is 19.5 Å². The molecule has 1 aromatic carbocycles. The third-order valence-electron chi connectivity index (χ3n) is 7.20. The molecule has 3 aliphatic carbocycles. The van der Waals surface area contributed by atoms with Crippen molar-refractivity contribution in [2.24, 2.45) is 21.7 Å². The zero-order chi connectivity index (χ0) is 16.8. The molecule has 5 heteroatoms. The summed E-state index contributed by atoms with van der Waals surface area (Å²) >= 11 is 0. The predicted octanol–water partition coefficient (Wildman–Crippen LogP) is 2.26. The fraction of sp³-hybridized carbons (Fsp3) is 0.500. The second-order valence-corrected chi connectivity index (χ2v) is 7.53. The van der Waals surface area contributed by atoms with Gasteiger partial charge in [0.15, 0.2) is 0 Å². The first-order chi connectivity index (χ1) is 10.7. The van der Waals surface area contributed by atoms with Gasteiger partial charge in [0.1, 0.15) is 11.5 Å². The number of benzene rings is 1. The molecule has 23 heavy (non-hydrogen) atoms. The second kappa shape index (κ2) is 3.66. The minimum absolute atomic E-state index is 0.0807. The van der Waals surface area contributed by atoms with Crippen LogP contribution in [-0.4, -0.2) is 22.6 Å². The van der Waals surface area contributed by atoms with E-state index >= 15 is 0 Å². The van der Waals surface area contributed by atoms with Crippen LogP contribution in [0.1, 0.15) is 33.6 Å². The van der Waals surface area contributed by atoms with Gasteiger partial charge < -0.3 is 9.84 Å². The minimum Gasteiger partial charge on any atom is -0.508 e. The molecule has 1 spiro atoms. The Hall–Kier alpha value is -2.17. The van der Waals surface area contributed by atoms with Crippen LogP contribution in [0.3, 0.4) is 0 Å². The number of carbonyl (C=O) groups excluding carboxylic acids is 3. The third-order valence-corrected chi connectivity index (χ3v) is 7.20. The molecule has 0 aromatic heterocycles. The number of rotatable bonds is 2. The minimum atomic E-state index is -0.976. The molecule has 4 rings (SSSR count). The Labute approximate surface area is 133 Å². The fourth-order valence-electron chi connectivity index (χ4n) is 5.66. The summed E-state index contributed by atoms with van der Waals surface area (Å²) in [4.78, 5) is 37.7. The van der Waals surface area contributed by atoms with Gasteiger partial charge in [-0.05, 0) is 44.0 Å². The van der Waals surface area contributed by atoms with Crippen molar-refractivity contribution in [1.29, 1.82) is 0 Å². The summed E-state index contributed by atoms with van der Waals surface area (Å²) in [5.74, 6) is -0.836. The zero-order valence-electron chi connectivity index (χ0n) is 13.3. The van der Waals surface area contributed by atoms with Gasteiger partial charge >= 0.3 is 5.97 Å². The Morgan fingerprint density at radius 1 is 1.04 bits per heavy atom. The fourth-order valence-corrected chi connectivity index (χ4v) is 5.66. The van der Waals surface area contributed by atoms with E-state index in [4.69, 9.17) is 4.74 Å². The van der Waals surface area contributed by atoms with Gasteiger partial charge in [0, 0.05) is 10.8 Å². The molecule has 1 N–H and O–H groups in total. The topological polar surface area (TPSA) is 80.7 Å². The maximum absolute atomic E-state index is 12.8. The van der Waals surface area contributed by atoms with Crippen LogP contribution in [0.15, 0.2) is 24.3 Å². The van der Waals surface area contributed by atoms with Crippen molar-refractivity contribution in [3.63, 3.8) is 0 Å². The van der Waals surface area contributed by atoms with Gasteiger partial charge in [0.05, 0.1) is 10.8 Å². The van der Waals surface area contributed by atoms with Gasteiger partial charge in [0.25, 0.3) is 0 Å². The van der Waals surface area contributed by atoms with Crippen molar-refractivity contribution in [3.05, 3.63) is 24.3 Å². The van der Waals surface area contributed by atoms with Gasteiger partial charge in [-0.15, -0.1) is 0 Å². The highest BCUT2D eigenvalue weighted by Crippen LogP contribution is 2.94. The molecule has 0 saturated heterocycles. The predicted molar refractivity (Wildman–Crippen MR) is 79.7 cm³/mol. The van der Waals surface area contributed by atoms with Crippen molar-refractivity contribution in [1.82, 2.24) is 0 Å². The van der Waals surface area contributed by atoms with E-state index in [1.165, 1.54) is 24.3 Å². The number of ether oxygens (including phenoxy) is 1. The standard InChI is InChI=1S/C18H18O5/c1-15-8-9-18(15)16(2,13(21)12(15)20)17(18,3)14(22)23-11-6-4-10(19)5-7-11/h4-7,19H,8-9H2,1-3H3. The number of aromatic hydroxyl groups is 1. The summed E-state index contributed by atoms with van der Waals surface area (Å²) in [6, 6.07) is 5.87. The van der Waals surface area contributed by atoms with Gasteiger partial charge in [-0.1, -0.05) is 13.8 Å². The molecule has 0 aliphatic heterocycles. The Morgan fingerprint density at radius 2 is 1.65 bits per heavy atom. The molecule has 0 bridgehead atoms. The van der Waals surface area contributed by atoms with E-state index < -0.39 is 33.4 Å². The summed E-state index contributed by atoms with van der Waals surface area (Å²) in [7, 11) is 0. The molecular formula is C18H18O5. The number of phenols is 1. The van der Waals surface area contributed by atoms with Gasteiger partial charge in [-0.2, -0.15) is 0 Å². The highest BCUT2D eigenvalue weighted by Gasteiger charge is 3.01. The number of hydrogen-bond donors (Lipinski definition) is 1. The molecule has 0 heterocycles. The van der Waals surface area contributed by atoms with Crippen LogP contribution in [0, 0.1) is 21.7 Å². The number of carbonyl (C=O) groups is 3. The van der Waals surface area contributed by atoms with Crippen LogP contribution < -0.4 is 4.74 Å². The van der Waals surface area contributed by atoms with Crippen LogP contribution >= 0.6 is 0 Å². The largest absolute Gasteiger partial charge is 0.508 e. The molecule has 0 radical (unpaired) electrons. The molecule has 4 atom stereocenters. The smallest absolute Gasteiger partial charge is 0.318 e. The zero-order valence-corrected chi connectivity index (χ0v) is 13.3. The van der Waals surface area contributed by atoms with E-state index in [1.807, 2.05) is 0 Å². The lowest BCUT2D eigenvalue weighted by molar-refractivity contribution is -0.155. The molecule has 0 amide bonds.